The van der Waals surface area contributed by atoms with Crippen molar-refractivity contribution in [1.29, 1.82) is 0 Å². The lowest BCUT2D eigenvalue weighted by Gasteiger charge is -2.18. The highest BCUT2D eigenvalue weighted by Crippen LogP contribution is 2.29. The van der Waals surface area contributed by atoms with Crippen LogP contribution in [0.5, 0.6) is 0 Å². The number of halogens is 1. The van der Waals surface area contributed by atoms with Crippen LogP contribution in [0, 0.1) is 5.92 Å². The number of rotatable bonds is 3. The van der Waals surface area contributed by atoms with E-state index in [2.05, 4.69) is 10.3 Å². The van der Waals surface area contributed by atoms with Gasteiger partial charge in [-0.25, -0.2) is 4.98 Å². The number of nitrogens with zero attached hydrogens (tertiary/aromatic N) is 1. The van der Waals surface area contributed by atoms with Gasteiger partial charge in [-0.15, -0.1) is 11.3 Å². The Balaban J connectivity index is 1.96. The van der Waals surface area contributed by atoms with E-state index in [4.69, 9.17) is 17.3 Å². The molecular weight excluding hydrogens is 218 g/mol. The summed E-state index contributed by atoms with van der Waals surface area (Å²) >= 11 is 7.30. The van der Waals surface area contributed by atoms with Crippen LogP contribution in [0.15, 0.2) is 5.38 Å². The first-order valence-corrected chi connectivity index (χ1v) is 6.13. The molecule has 1 heterocycles. The van der Waals surface area contributed by atoms with Crippen molar-refractivity contribution in [1.82, 2.24) is 4.98 Å². The van der Waals surface area contributed by atoms with Crippen molar-refractivity contribution >= 4 is 28.1 Å². The van der Waals surface area contributed by atoms with Crippen LogP contribution in [0.3, 0.4) is 0 Å². The highest BCUT2D eigenvalue weighted by molar-refractivity contribution is 7.14. The third-order valence-corrected chi connectivity index (χ3v) is 3.84. The molecule has 2 atom stereocenters. The number of anilines is 1. The summed E-state index contributed by atoms with van der Waals surface area (Å²) in [5.74, 6) is 0.595. The summed E-state index contributed by atoms with van der Waals surface area (Å²) in [5.41, 5.74) is 5.70. The lowest BCUT2D eigenvalue weighted by molar-refractivity contribution is 0.516. The molecule has 5 heteroatoms. The summed E-state index contributed by atoms with van der Waals surface area (Å²) in [6.45, 7) is 0.761. The van der Waals surface area contributed by atoms with Crippen LogP contribution in [0.2, 0.25) is 5.15 Å². The maximum atomic E-state index is 5.75. The van der Waals surface area contributed by atoms with Crippen molar-refractivity contribution < 1.29 is 0 Å². The van der Waals surface area contributed by atoms with Crippen molar-refractivity contribution in [3.05, 3.63) is 10.5 Å². The van der Waals surface area contributed by atoms with Crippen molar-refractivity contribution in [2.75, 3.05) is 11.9 Å². The first-order valence-electron chi connectivity index (χ1n) is 4.87. The van der Waals surface area contributed by atoms with Crippen molar-refractivity contribution in [2.24, 2.45) is 11.7 Å². The number of nitrogens with two attached hydrogens (primary N) is 1. The third-order valence-electron chi connectivity index (χ3n) is 2.75. The first kappa shape index (κ1) is 10.2. The average molecular weight is 232 g/mol. The normalized spacial score (nSPS) is 26.7. The van der Waals surface area contributed by atoms with Gasteiger partial charge in [0.1, 0.15) is 5.15 Å². The Hall–Kier alpha value is -0.320. The maximum Gasteiger partial charge on any atom is 0.184 e. The van der Waals surface area contributed by atoms with Crippen LogP contribution in [-0.2, 0) is 0 Å². The zero-order valence-electron chi connectivity index (χ0n) is 7.87. The first-order chi connectivity index (χ1) is 6.79. The minimum Gasteiger partial charge on any atom is -0.358 e. The van der Waals surface area contributed by atoms with E-state index in [1.54, 1.807) is 11.3 Å². The van der Waals surface area contributed by atoms with E-state index in [1.807, 2.05) is 5.38 Å². The Labute approximate surface area is 92.7 Å². The van der Waals surface area contributed by atoms with E-state index in [0.717, 1.165) is 11.7 Å². The molecule has 1 fully saturated rings. The molecular formula is C9H14ClN3S. The number of hydrogen-bond donors (Lipinski definition) is 2. The summed E-state index contributed by atoms with van der Waals surface area (Å²) < 4.78 is 0. The Morgan fingerprint density at radius 2 is 2.50 bits per heavy atom. The van der Waals surface area contributed by atoms with Gasteiger partial charge in [-0.05, 0) is 25.3 Å². The standard InChI is InChI=1S/C9H14ClN3S/c10-8-5-14-9(13-8)12-7-3-1-2-6(7)4-11/h5-7H,1-4,11H2,(H,12,13). The van der Waals surface area contributed by atoms with Gasteiger partial charge in [0.15, 0.2) is 5.13 Å². The molecule has 0 aliphatic heterocycles. The van der Waals surface area contributed by atoms with Crippen LogP contribution in [0.4, 0.5) is 5.13 Å². The van der Waals surface area contributed by atoms with Crippen LogP contribution in [-0.4, -0.2) is 17.6 Å². The monoisotopic (exact) mass is 231 g/mol. The van der Waals surface area contributed by atoms with Gasteiger partial charge in [-0.3, -0.25) is 0 Å². The molecule has 2 rings (SSSR count). The van der Waals surface area contributed by atoms with Crippen molar-refractivity contribution in [3.8, 4) is 0 Å². The van der Waals surface area contributed by atoms with Crippen LogP contribution < -0.4 is 11.1 Å². The fraction of sp³-hybridized carbons (Fsp3) is 0.667. The highest BCUT2D eigenvalue weighted by atomic mass is 35.5. The van der Waals surface area contributed by atoms with Gasteiger partial charge < -0.3 is 11.1 Å². The molecule has 0 bridgehead atoms. The smallest absolute Gasteiger partial charge is 0.184 e. The number of nitrogens with one attached hydrogen (secondary N) is 1. The topological polar surface area (TPSA) is 50.9 Å². The predicted octanol–water partition coefficient (Wildman–Crippen LogP) is 2.34. The Morgan fingerprint density at radius 1 is 1.64 bits per heavy atom. The van der Waals surface area contributed by atoms with Gasteiger partial charge in [0.05, 0.1) is 0 Å². The molecule has 1 aromatic rings. The fourth-order valence-corrected chi connectivity index (χ4v) is 2.89. The van der Waals surface area contributed by atoms with E-state index in [1.165, 1.54) is 19.3 Å². The second-order valence-corrected chi connectivity index (χ2v) is 4.90. The second kappa shape index (κ2) is 4.47. The predicted molar refractivity (Wildman–Crippen MR) is 60.9 cm³/mol. The van der Waals surface area contributed by atoms with E-state index in [0.29, 0.717) is 17.1 Å². The zero-order chi connectivity index (χ0) is 9.97. The van der Waals surface area contributed by atoms with Gasteiger partial charge in [-0.2, -0.15) is 0 Å². The summed E-state index contributed by atoms with van der Waals surface area (Å²) in [7, 11) is 0. The molecule has 1 saturated carbocycles. The van der Waals surface area contributed by atoms with Crippen LogP contribution in [0.25, 0.3) is 0 Å². The molecule has 1 aliphatic carbocycles. The Morgan fingerprint density at radius 3 is 3.14 bits per heavy atom. The maximum absolute atomic E-state index is 5.75. The van der Waals surface area contributed by atoms with Gasteiger partial charge in [0.2, 0.25) is 0 Å². The lowest BCUT2D eigenvalue weighted by Crippen LogP contribution is -2.29. The quantitative estimate of drug-likeness (QED) is 0.840. The van der Waals surface area contributed by atoms with Crippen LogP contribution in [0.1, 0.15) is 19.3 Å². The van der Waals surface area contributed by atoms with E-state index in [9.17, 15) is 0 Å². The van der Waals surface area contributed by atoms with Gasteiger partial charge in [-0.1, -0.05) is 18.0 Å². The molecule has 1 aliphatic rings. The highest BCUT2D eigenvalue weighted by Gasteiger charge is 2.26. The number of aromatic nitrogens is 1. The van der Waals surface area contributed by atoms with Crippen molar-refractivity contribution in [2.45, 2.75) is 25.3 Å². The van der Waals surface area contributed by atoms with Crippen molar-refractivity contribution in [3.63, 3.8) is 0 Å². The molecule has 14 heavy (non-hydrogen) atoms. The molecule has 3 nitrogen and oxygen atoms in total. The lowest BCUT2D eigenvalue weighted by atomic mass is 10.0. The Kier molecular flexibility index (Phi) is 3.26. The minimum absolute atomic E-state index is 0.488. The van der Waals surface area contributed by atoms with Gasteiger partial charge in [0, 0.05) is 11.4 Å². The average Bonchev–Trinajstić information content (AvgIpc) is 2.76. The molecule has 0 aromatic carbocycles. The molecule has 3 N–H and O–H groups in total. The molecule has 2 unspecified atom stereocenters. The SMILES string of the molecule is NCC1CCCC1Nc1nc(Cl)cs1. The van der Waals surface area contributed by atoms with Gasteiger partial charge in [0.25, 0.3) is 0 Å². The minimum atomic E-state index is 0.488. The number of thiazole rings is 1. The number of hydrogen-bond acceptors (Lipinski definition) is 4. The molecule has 0 saturated heterocycles. The van der Waals surface area contributed by atoms with E-state index in [-0.39, 0.29) is 0 Å². The summed E-state index contributed by atoms with van der Waals surface area (Å²) in [5, 5.41) is 6.74. The Bertz CT molecular complexity index is 302. The van der Waals surface area contributed by atoms with Crippen LogP contribution >= 0.6 is 22.9 Å². The van der Waals surface area contributed by atoms with E-state index >= 15 is 0 Å². The summed E-state index contributed by atoms with van der Waals surface area (Å²) in [4.78, 5) is 4.17. The molecule has 1 aromatic heterocycles. The van der Waals surface area contributed by atoms with Gasteiger partial charge >= 0.3 is 0 Å². The summed E-state index contributed by atoms with van der Waals surface area (Å²) in [6.07, 6.45) is 3.69. The zero-order valence-corrected chi connectivity index (χ0v) is 9.44. The molecule has 0 amide bonds. The summed E-state index contributed by atoms with van der Waals surface area (Å²) in [6, 6.07) is 0.488. The fourth-order valence-electron chi connectivity index (χ4n) is 1.99. The molecule has 0 radical (unpaired) electrons. The molecule has 78 valence electrons. The van der Waals surface area contributed by atoms with E-state index < -0.39 is 0 Å². The largest absolute Gasteiger partial charge is 0.358 e. The molecule has 0 spiro atoms. The third kappa shape index (κ3) is 2.19. The second-order valence-electron chi connectivity index (χ2n) is 3.65.